The molecule has 5 heteroatoms. The number of phenols is 1. The predicted octanol–water partition coefficient (Wildman–Crippen LogP) is 3.68. The molecule has 3 aromatic rings. The molecule has 1 heterocycles. The third-order valence-electron chi connectivity index (χ3n) is 3.61. The molecule has 4 nitrogen and oxygen atoms in total. The molecule has 22 heavy (non-hydrogen) atoms. The average Bonchev–Trinajstić information content (AvgIpc) is 2.75. The summed E-state index contributed by atoms with van der Waals surface area (Å²) >= 11 is 6.41. The van der Waals surface area contributed by atoms with Gasteiger partial charge in [0.15, 0.2) is 0 Å². The predicted molar refractivity (Wildman–Crippen MR) is 85.5 cm³/mol. The summed E-state index contributed by atoms with van der Waals surface area (Å²) < 4.78 is 1.75. The summed E-state index contributed by atoms with van der Waals surface area (Å²) in [6, 6.07) is 14.7. The second kappa shape index (κ2) is 5.73. The zero-order valence-electron chi connectivity index (χ0n) is 11.7. The van der Waals surface area contributed by atoms with E-state index in [4.69, 9.17) is 16.7 Å². The zero-order chi connectivity index (χ0) is 15.7. The first-order chi connectivity index (χ1) is 10.6. The standard InChI is InChI=1S/C17H14ClNO3/c18-17-13(9-15(21)22)12-7-4-8-14(20)16(12)19(17)10-11-5-2-1-3-6-11/h1-8,20H,9-10H2,(H,21,22). The number of carboxylic acids is 1. The van der Waals surface area contributed by atoms with Crippen LogP contribution in [-0.2, 0) is 17.8 Å². The maximum atomic E-state index is 11.1. The van der Waals surface area contributed by atoms with Crippen molar-refractivity contribution in [2.24, 2.45) is 0 Å². The number of hydrogen-bond donors (Lipinski definition) is 2. The number of aromatic hydroxyl groups is 1. The van der Waals surface area contributed by atoms with Crippen molar-refractivity contribution >= 4 is 28.5 Å². The van der Waals surface area contributed by atoms with E-state index >= 15 is 0 Å². The van der Waals surface area contributed by atoms with Gasteiger partial charge < -0.3 is 14.8 Å². The van der Waals surface area contributed by atoms with E-state index in [1.54, 1.807) is 22.8 Å². The summed E-state index contributed by atoms with van der Waals surface area (Å²) in [5.74, 6) is -0.865. The number of aliphatic carboxylic acids is 1. The van der Waals surface area contributed by atoms with Crippen molar-refractivity contribution < 1.29 is 15.0 Å². The van der Waals surface area contributed by atoms with Gasteiger partial charge in [0, 0.05) is 17.5 Å². The van der Waals surface area contributed by atoms with Gasteiger partial charge in [0.25, 0.3) is 0 Å². The molecule has 0 unspecified atom stereocenters. The van der Waals surface area contributed by atoms with E-state index in [0.29, 0.717) is 28.2 Å². The van der Waals surface area contributed by atoms with E-state index < -0.39 is 5.97 Å². The number of fused-ring (bicyclic) bond motifs is 1. The van der Waals surface area contributed by atoms with Crippen LogP contribution in [0.2, 0.25) is 5.15 Å². The lowest BCUT2D eigenvalue weighted by molar-refractivity contribution is -0.136. The van der Waals surface area contributed by atoms with Crippen molar-refractivity contribution in [3.63, 3.8) is 0 Å². The Morgan fingerprint density at radius 2 is 1.82 bits per heavy atom. The lowest BCUT2D eigenvalue weighted by Gasteiger charge is -2.08. The van der Waals surface area contributed by atoms with Crippen LogP contribution in [0.3, 0.4) is 0 Å². The minimum atomic E-state index is -0.955. The number of phenolic OH excluding ortho intramolecular Hbond substituents is 1. The third-order valence-corrected chi connectivity index (χ3v) is 4.04. The molecule has 0 aliphatic carbocycles. The Hall–Kier alpha value is -2.46. The Morgan fingerprint density at radius 1 is 1.09 bits per heavy atom. The molecule has 2 aromatic carbocycles. The molecule has 0 fully saturated rings. The van der Waals surface area contributed by atoms with Gasteiger partial charge in [-0.1, -0.05) is 54.1 Å². The number of halogens is 1. The average molecular weight is 316 g/mol. The summed E-state index contributed by atoms with van der Waals surface area (Å²) in [4.78, 5) is 11.1. The summed E-state index contributed by atoms with van der Waals surface area (Å²) in [5, 5.41) is 20.3. The fourth-order valence-electron chi connectivity index (χ4n) is 2.66. The quantitative estimate of drug-likeness (QED) is 0.772. The molecule has 0 radical (unpaired) electrons. The van der Waals surface area contributed by atoms with Gasteiger partial charge in [-0.3, -0.25) is 4.79 Å². The second-order valence-corrected chi connectivity index (χ2v) is 5.44. The molecule has 0 aliphatic heterocycles. The molecule has 0 saturated carbocycles. The fraction of sp³-hybridized carbons (Fsp3) is 0.118. The van der Waals surface area contributed by atoms with Crippen LogP contribution in [0.4, 0.5) is 0 Å². The number of carboxylic acid groups (broad SMARTS) is 1. The van der Waals surface area contributed by atoms with Crippen molar-refractivity contribution in [3.8, 4) is 5.75 Å². The third kappa shape index (κ3) is 2.53. The Balaban J connectivity index is 2.20. The molecular formula is C17H14ClNO3. The number of para-hydroxylation sites is 1. The van der Waals surface area contributed by atoms with Gasteiger partial charge in [0.1, 0.15) is 10.9 Å². The van der Waals surface area contributed by atoms with Crippen molar-refractivity contribution in [2.75, 3.05) is 0 Å². The smallest absolute Gasteiger partial charge is 0.307 e. The first-order valence-electron chi connectivity index (χ1n) is 6.82. The Labute approximate surface area is 132 Å². The molecule has 0 atom stereocenters. The van der Waals surface area contributed by atoms with Gasteiger partial charge >= 0.3 is 5.97 Å². The van der Waals surface area contributed by atoms with E-state index in [1.165, 1.54) is 0 Å². The maximum Gasteiger partial charge on any atom is 0.307 e. The molecule has 112 valence electrons. The van der Waals surface area contributed by atoms with Crippen LogP contribution in [0.1, 0.15) is 11.1 Å². The van der Waals surface area contributed by atoms with Gasteiger partial charge in [-0.05, 0) is 11.6 Å². The first kappa shape index (κ1) is 14.5. The number of benzene rings is 2. The van der Waals surface area contributed by atoms with Crippen molar-refractivity contribution in [2.45, 2.75) is 13.0 Å². The monoisotopic (exact) mass is 315 g/mol. The lowest BCUT2D eigenvalue weighted by atomic mass is 10.1. The number of carbonyl (C=O) groups is 1. The van der Waals surface area contributed by atoms with E-state index in [2.05, 4.69) is 0 Å². The highest BCUT2D eigenvalue weighted by Gasteiger charge is 2.20. The SMILES string of the molecule is O=C(O)Cc1c(Cl)n(Cc2ccccc2)c2c(O)cccc12. The van der Waals surface area contributed by atoms with Gasteiger partial charge in [-0.15, -0.1) is 0 Å². The number of rotatable bonds is 4. The van der Waals surface area contributed by atoms with E-state index in [9.17, 15) is 9.90 Å². The van der Waals surface area contributed by atoms with Crippen LogP contribution in [0.15, 0.2) is 48.5 Å². The zero-order valence-corrected chi connectivity index (χ0v) is 12.4. The van der Waals surface area contributed by atoms with Crippen LogP contribution in [0.5, 0.6) is 5.75 Å². The van der Waals surface area contributed by atoms with E-state index in [0.717, 1.165) is 5.56 Å². The number of nitrogens with zero attached hydrogens (tertiary/aromatic N) is 1. The number of hydrogen-bond acceptors (Lipinski definition) is 2. The molecule has 0 amide bonds. The molecule has 1 aromatic heterocycles. The van der Waals surface area contributed by atoms with Crippen LogP contribution < -0.4 is 0 Å². The van der Waals surface area contributed by atoms with E-state index in [-0.39, 0.29) is 12.2 Å². The topological polar surface area (TPSA) is 62.5 Å². The van der Waals surface area contributed by atoms with Gasteiger partial charge in [-0.2, -0.15) is 0 Å². The minimum Gasteiger partial charge on any atom is -0.506 e. The normalized spacial score (nSPS) is 11.0. The number of aromatic nitrogens is 1. The second-order valence-electron chi connectivity index (χ2n) is 5.08. The Bertz CT molecular complexity index is 840. The lowest BCUT2D eigenvalue weighted by Crippen LogP contribution is -2.02. The molecule has 2 N–H and O–H groups in total. The first-order valence-corrected chi connectivity index (χ1v) is 7.20. The molecule has 0 spiro atoms. The molecular weight excluding hydrogens is 302 g/mol. The van der Waals surface area contributed by atoms with Crippen molar-refractivity contribution in [1.29, 1.82) is 0 Å². The van der Waals surface area contributed by atoms with Crippen molar-refractivity contribution in [3.05, 3.63) is 64.8 Å². The van der Waals surface area contributed by atoms with Crippen molar-refractivity contribution in [1.82, 2.24) is 4.57 Å². The molecule has 0 aliphatic rings. The maximum absolute atomic E-state index is 11.1. The summed E-state index contributed by atoms with van der Waals surface area (Å²) in [7, 11) is 0. The van der Waals surface area contributed by atoms with Crippen LogP contribution in [0.25, 0.3) is 10.9 Å². The van der Waals surface area contributed by atoms with Crippen LogP contribution in [-0.4, -0.2) is 20.7 Å². The Kier molecular flexibility index (Phi) is 3.77. The van der Waals surface area contributed by atoms with Gasteiger partial charge in [0.05, 0.1) is 11.9 Å². The molecule has 0 bridgehead atoms. The highest BCUT2D eigenvalue weighted by Crippen LogP contribution is 2.36. The molecule has 0 saturated heterocycles. The minimum absolute atomic E-state index is 0.0898. The van der Waals surface area contributed by atoms with E-state index in [1.807, 2.05) is 30.3 Å². The molecule has 3 rings (SSSR count). The summed E-state index contributed by atoms with van der Waals surface area (Å²) in [6.45, 7) is 0.466. The van der Waals surface area contributed by atoms with Crippen LogP contribution >= 0.6 is 11.6 Å². The van der Waals surface area contributed by atoms with Gasteiger partial charge in [-0.25, -0.2) is 0 Å². The fourth-order valence-corrected chi connectivity index (χ4v) is 2.98. The highest BCUT2D eigenvalue weighted by atomic mass is 35.5. The highest BCUT2D eigenvalue weighted by molar-refractivity contribution is 6.32. The summed E-state index contributed by atoms with van der Waals surface area (Å²) in [5.41, 5.74) is 2.11. The largest absolute Gasteiger partial charge is 0.506 e. The van der Waals surface area contributed by atoms with Crippen LogP contribution in [0, 0.1) is 0 Å². The Morgan fingerprint density at radius 3 is 2.50 bits per heavy atom. The van der Waals surface area contributed by atoms with Gasteiger partial charge in [0.2, 0.25) is 0 Å². The summed E-state index contributed by atoms with van der Waals surface area (Å²) in [6.07, 6.45) is -0.180.